The molecule has 1 amide bonds. The molecular weight excluding hydrogens is 349 g/mol. The lowest BCUT2D eigenvalue weighted by Crippen LogP contribution is -2.25. The first-order chi connectivity index (χ1) is 9.89. The molecule has 0 saturated heterocycles. The fraction of sp³-hybridized carbons (Fsp3) is 0.143. The number of nitrogens with one attached hydrogen (secondary N) is 1. The fourth-order valence-corrected chi connectivity index (χ4v) is 2.20. The Morgan fingerprint density at radius 2 is 1.90 bits per heavy atom. The van der Waals surface area contributed by atoms with Gasteiger partial charge in [0, 0.05) is 17.2 Å². The van der Waals surface area contributed by atoms with Gasteiger partial charge in [-0.15, -0.1) is 0 Å². The van der Waals surface area contributed by atoms with E-state index in [4.69, 9.17) is 0 Å². The highest BCUT2D eigenvalue weighted by atomic mass is 79.9. The lowest BCUT2D eigenvalue weighted by molar-refractivity contribution is -0.138. The monoisotopic (exact) mass is 358 g/mol. The Balaban J connectivity index is 2.14. The van der Waals surface area contributed by atoms with Gasteiger partial charge in [0.2, 0.25) is 0 Å². The maximum Gasteiger partial charge on any atom is 0.416 e. The van der Waals surface area contributed by atoms with Gasteiger partial charge in [0.15, 0.2) is 0 Å². The zero-order valence-corrected chi connectivity index (χ0v) is 12.2. The highest BCUT2D eigenvalue weighted by Gasteiger charge is 2.32. The number of alkyl halides is 3. The Kier molecular flexibility index (Phi) is 4.62. The second-order valence-electron chi connectivity index (χ2n) is 4.17. The van der Waals surface area contributed by atoms with Crippen molar-refractivity contribution in [3.05, 3.63) is 63.9 Å². The predicted molar refractivity (Wildman–Crippen MR) is 74.6 cm³/mol. The number of rotatable bonds is 3. The van der Waals surface area contributed by atoms with Crippen LogP contribution < -0.4 is 5.32 Å². The second kappa shape index (κ2) is 6.26. The maximum absolute atomic E-state index is 12.8. The number of hydrogen-bond acceptors (Lipinski definition) is 2. The second-order valence-corrected chi connectivity index (χ2v) is 5.03. The first kappa shape index (κ1) is 15.5. The first-order valence-electron chi connectivity index (χ1n) is 5.93. The Labute approximate surface area is 127 Å². The molecule has 0 aliphatic carbocycles. The number of aromatic nitrogens is 1. The molecule has 0 aliphatic rings. The number of hydrogen-bond donors (Lipinski definition) is 1. The van der Waals surface area contributed by atoms with Gasteiger partial charge in [-0.2, -0.15) is 13.2 Å². The Bertz CT molecular complexity index is 659. The van der Waals surface area contributed by atoms with Crippen LogP contribution in [0.2, 0.25) is 0 Å². The van der Waals surface area contributed by atoms with Crippen LogP contribution in [-0.4, -0.2) is 10.9 Å². The lowest BCUT2D eigenvalue weighted by Gasteiger charge is -2.13. The molecule has 0 bridgehead atoms. The number of halogens is 4. The van der Waals surface area contributed by atoms with Crippen molar-refractivity contribution in [3.8, 4) is 0 Å². The topological polar surface area (TPSA) is 42.0 Å². The molecule has 1 N–H and O–H groups in total. The van der Waals surface area contributed by atoms with Gasteiger partial charge < -0.3 is 5.32 Å². The highest BCUT2D eigenvalue weighted by molar-refractivity contribution is 9.10. The zero-order chi connectivity index (χ0) is 15.5. The third-order valence-corrected chi connectivity index (χ3v) is 3.38. The van der Waals surface area contributed by atoms with Gasteiger partial charge in [0.05, 0.1) is 5.56 Å². The molecule has 0 spiro atoms. The van der Waals surface area contributed by atoms with Crippen LogP contribution in [0.15, 0.2) is 47.1 Å². The number of pyridine rings is 1. The molecule has 0 fully saturated rings. The van der Waals surface area contributed by atoms with E-state index >= 15 is 0 Å². The van der Waals surface area contributed by atoms with Gasteiger partial charge in [-0.05, 0) is 39.7 Å². The van der Waals surface area contributed by atoms with Crippen LogP contribution in [-0.2, 0) is 12.7 Å². The minimum atomic E-state index is -4.45. The van der Waals surface area contributed by atoms with E-state index in [1.165, 1.54) is 24.4 Å². The van der Waals surface area contributed by atoms with Crippen molar-refractivity contribution in [3.63, 3.8) is 0 Å². The lowest BCUT2D eigenvalue weighted by atomic mass is 10.1. The van der Waals surface area contributed by atoms with Gasteiger partial charge in [-0.1, -0.05) is 18.2 Å². The van der Waals surface area contributed by atoms with E-state index in [9.17, 15) is 18.0 Å². The molecular formula is C14H10BrF3N2O. The van der Waals surface area contributed by atoms with E-state index in [1.807, 2.05) is 0 Å². The number of carbonyl (C=O) groups excluding carboxylic acids is 1. The van der Waals surface area contributed by atoms with Crippen molar-refractivity contribution in [2.45, 2.75) is 12.7 Å². The van der Waals surface area contributed by atoms with Crippen LogP contribution in [0.3, 0.4) is 0 Å². The van der Waals surface area contributed by atoms with Crippen LogP contribution in [0.25, 0.3) is 0 Å². The normalized spacial score (nSPS) is 11.2. The molecule has 110 valence electrons. The van der Waals surface area contributed by atoms with Crippen LogP contribution in [0.1, 0.15) is 21.6 Å². The van der Waals surface area contributed by atoms with Crippen LogP contribution in [0.5, 0.6) is 0 Å². The minimum Gasteiger partial charge on any atom is -0.347 e. The molecule has 1 heterocycles. The average Bonchev–Trinajstić information content (AvgIpc) is 2.44. The highest BCUT2D eigenvalue weighted by Crippen LogP contribution is 2.31. The molecule has 0 atom stereocenters. The van der Waals surface area contributed by atoms with E-state index in [2.05, 4.69) is 26.2 Å². The Hall–Kier alpha value is -1.89. The molecule has 7 heteroatoms. The molecule has 0 unspecified atom stereocenters. The summed E-state index contributed by atoms with van der Waals surface area (Å²) in [5.41, 5.74) is -0.627. The van der Waals surface area contributed by atoms with Crippen molar-refractivity contribution < 1.29 is 18.0 Å². The molecule has 0 saturated carbocycles. The summed E-state index contributed by atoms with van der Waals surface area (Å²) in [5.74, 6) is -0.542. The number of nitrogens with zero attached hydrogens (tertiary/aromatic N) is 1. The van der Waals surface area contributed by atoms with E-state index in [0.717, 1.165) is 6.07 Å². The smallest absolute Gasteiger partial charge is 0.347 e. The van der Waals surface area contributed by atoms with E-state index in [0.29, 0.717) is 4.47 Å². The van der Waals surface area contributed by atoms with Crippen LogP contribution >= 0.6 is 15.9 Å². The molecule has 1 aromatic carbocycles. The molecule has 1 aromatic heterocycles. The summed E-state index contributed by atoms with van der Waals surface area (Å²) in [6.07, 6.45) is -3.02. The van der Waals surface area contributed by atoms with Gasteiger partial charge in [0.25, 0.3) is 5.91 Å². The molecule has 2 aromatic rings. The van der Waals surface area contributed by atoms with Crippen molar-refractivity contribution in [2.24, 2.45) is 0 Å². The van der Waals surface area contributed by atoms with E-state index in [-0.39, 0.29) is 17.8 Å². The first-order valence-corrected chi connectivity index (χ1v) is 6.72. The number of benzene rings is 1. The predicted octanol–water partition coefficient (Wildman–Crippen LogP) is 3.79. The quantitative estimate of drug-likeness (QED) is 0.906. The van der Waals surface area contributed by atoms with Crippen molar-refractivity contribution in [2.75, 3.05) is 0 Å². The summed E-state index contributed by atoms with van der Waals surface area (Å²) in [6, 6.07) is 8.39. The summed E-state index contributed by atoms with van der Waals surface area (Å²) in [7, 11) is 0. The number of carbonyl (C=O) groups is 1. The SMILES string of the molecule is O=C(NCc1ccccc1C(F)(F)F)c1ncccc1Br. The summed E-state index contributed by atoms with van der Waals surface area (Å²) in [6.45, 7) is -0.225. The molecule has 0 radical (unpaired) electrons. The van der Waals surface area contributed by atoms with Crippen LogP contribution in [0, 0.1) is 0 Å². The van der Waals surface area contributed by atoms with Crippen LogP contribution in [0.4, 0.5) is 13.2 Å². The van der Waals surface area contributed by atoms with Gasteiger partial charge >= 0.3 is 6.18 Å². The van der Waals surface area contributed by atoms with Crippen molar-refractivity contribution in [1.29, 1.82) is 0 Å². The summed E-state index contributed by atoms with van der Waals surface area (Å²) in [4.78, 5) is 15.8. The summed E-state index contributed by atoms with van der Waals surface area (Å²) in [5, 5.41) is 2.44. The molecule has 3 nitrogen and oxygen atoms in total. The van der Waals surface area contributed by atoms with Crippen molar-refractivity contribution >= 4 is 21.8 Å². The Morgan fingerprint density at radius 1 is 1.19 bits per heavy atom. The average molecular weight is 359 g/mol. The number of amides is 1. The third kappa shape index (κ3) is 3.81. The van der Waals surface area contributed by atoms with E-state index in [1.54, 1.807) is 12.1 Å². The summed E-state index contributed by atoms with van der Waals surface area (Å²) >= 11 is 3.17. The summed E-state index contributed by atoms with van der Waals surface area (Å²) < 4.78 is 39.0. The minimum absolute atomic E-state index is 0.00500. The Morgan fingerprint density at radius 3 is 2.57 bits per heavy atom. The molecule has 21 heavy (non-hydrogen) atoms. The van der Waals surface area contributed by atoms with Gasteiger partial charge in [-0.25, -0.2) is 4.98 Å². The zero-order valence-electron chi connectivity index (χ0n) is 10.6. The molecule has 2 rings (SSSR count). The molecule has 0 aliphatic heterocycles. The third-order valence-electron chi connectivity index (χ3n) is 2.74. The van der Waals surface area contributed by atoms with E-state index < -0.39 is 17.6 Å². The maximum atomic E-state index is 12.8. The van der Waals surface area contributed by atoms with Gasteiger partial charge in [-0.3, -0.25) is 4.79 Å². The largest absolute Gasteiger partial charge is 0.416 e. The van der Waals surface area contributed by atoms with Crippen molar-refractivity contribution in [1.82, 2.24) is 10.3 Å². The fourth-order valence-electron chi connectivity index (χ4n) is 1.76. The van der Waals surface area contributed by atoms with Gasteiger partial charge in [0.1, 0.15) is 5.69 Å². The standard InChI is InChI=1S/C14H10BrF3N2O/c15-11-6-3-7-19-12(11)13(21)20-8-9-4-1-2-5-10(9)14(16,17)18/h1-7H,8H2,(H,20,21).